The Kier molecular flexibility index (Phi) is 1.85. The lowest BCUT2D eigenvalue weighted by atomic mass is 10.2. The molecule has 0 unspecified atom stereocenters. The molecule has 2 aromatic heterocycles. The van der Waals surface area contributed by atoms with Gasteiger partial charge in [-0.25, -0.2) is 9.78 Å². The molecule has 0 atom stereocenters. The molecule has 0 radical (unpaired) electrons. The number of aryl methyl sites for hydroxylation is 1. The summed E-state index contributed by atoms with van der Waals surface area (Å²) in [5.74, 6) is -0.213. The summed E-state index contributed by atoms with van der Waals surface area (Å²) in [6, 6.07) is 1.69. The second-order valence-electron chi connectivity index (χ2n) is 2.78. The van der Waals surface area contributed by atoms with E-state index in [1.54, 1.807) is 13.0 Å². The van der Waals surface area contributed by atoms with Gasteiger partial charge in [0.05, 0.1) is 5.56 Å². The molecule has 2 heterocycles. The molecule has 0 saturated heterocycles. The number of aromatic carboxylic acids is 1. The summed E-state index contributed by atoms with van der Waals surface area (Å²) in [5.41, 5.74) is 0.475. The van der Waals surface area contributed by atoms with Gasteiger partial charge in [0.25, 0.3) is 0 Å². The van der Waals surface area contributed by atoms with Crippen molar-refractivity contribution >= 4 is 5.97 Å². The van der Waals surface area contributed by atoms with Crippen molar-refractivity contribution in [3.05, 3.63) is 30.2 Å². The molecule has 5 heteroatoms. The first-order valence-electron chi connectivity index (χ1n) is 3.91. The predicted octanol–water partition coefficient (Wildman–Crippen LogP) is 1.94. The lowest BCUT2D eigenvalue weighted by Gasteiger charge is -1.90. The first-order valence-corrected chi connectivity index (χ1v) is 3.91. The van der Waals surface area contributed by atoms with Crippen molar-refractivity contribution in [1.82, 2.24) is 4.98 Å². The highest BCUT2D eigenvalue weighted by Crippen LogP contribution is 2.24. The Labute approximate surface area is 79.0 Å². The molecule has 72 valence electrons. The third kappa shape index (κ3) is 1.28. The van der Waals surface area contributed by atoms with E-state index in [2.05, 4.69) is 4.98 Å². The zero-order valence-electron chi connectivity index (χ0n) is 7.35. The topological polar surface area (TPSA) is 76.5 Å². The Morgan fingerprint density at radius 3 is 2.86 bits per heavy atom. The van der Waals surface area contributed by atoms with Gasteiger partial charge in [0.1, 0.15) is 12.0 Å². The fraction of sp³-hybridized carbons (Fsp3) is 0.111. The molecule has 0 bridgehead atoms. The zero-order valence-corrected chi connectivity index (χ0v) is 7.35. The maximum absolute atomic E-state index is 10.7. The molecule has 0 spiro atoms. The average Bonchev–Trinajstić information content (AvgIpc) is 2.70. The Morgan fingerprint density at radius 1 is 1.50 bits per heavy atom. The van der Waals surface area contributed by atoms with Gasteiger partial charge in [0, 0.05) is 0 Å². The molecule has 0 amide bonds. The highest BCUT2D eigenvalue weighted by atomic mass is 16.4. The van der Waals surface area contributed by atoms with Gasteiger partial charge in [-0.3, -0.25) is 0 Å². The molecule has 2 rings (SSSR count). The van der Waals surface area contributed by atoms with Crippen LogP contribution in [0.25, 0.3) is 11.3 Å². The number of rotatable bonds is 2. The summed E-state index contributed by atoms with van der Waals surface area (Å²) >= 11 is 0. The van der Waals surface area contributed by atoms with Gasteiger partial charge >= 0.3 is 5.97 Å². The van der Waals surface area contributed by atoms with E-state index in [4.69, 9.17) is 13.9 Å². The predicted molar refractivity (Wildman–Crippen MR) is 45.9 cm³/mol. The van der Waals surface area contributed by atoms with E-state index in [1.807, 2.05) is 0 Å². The second kappa shape index (κ2) is 3.02. The zero-order chi connectivity index (χ0) is 10.1. The SMILES string of the molecule is Cc1cc(-c2ocnc2C(=O)O)co1. The van der Waals surface area contributed by atoms with Gasteiger partial charge < -0.3 is 13.9 Å². The van der Waals surface area contributed by atoms with Crippen molar-refractivity contribution < 1.29 is 18.7 Å². The number of carbonyl (C=O) groups is 1. The second-order valence-corrected chi connectivity index (χ2v) is 2.78. The Balaban J connectivity index is 2.51. The molecule has 0 aliphatic rings. The number of aromatic nitrogens is 1. The molecule has 0 aliphatic carbocycles. The monoisotopic (exact) mass is 193 g/mol. The van der Waals surface area contributed by atoms with Crippen LogP contribution in [0.3, 0.4) is 0 Å². The summed E-state index contributed by atoms with van der Waals surface area (Å²) in [5, 5.41) is 8.77. The molecule has 0 aromatic carbocycles. The molecule has 0 aliphatic heterocycles. The van der Waals surface area contributed by atoms with Gasteiger partial charge in [-0.1, -0.05) is 0 Å². The van der Waals surface area contributed by atoms with Crippen molar-refractivity contribution in [3.8, 4) is 11.3 Å². The molecule has 5 nitrogen and oxygen atoms in total. The van der Waals surface area contributed by atoms with Crippen molar-refractivity contribution in [2.45, 2.75) is 6.92 Å². The number of carboxylic acid groups (broad SMARTS) is 1. The van der Waals surface area contributed by atoms with Crippen LogP contribution in [0.5, 0.6) is 0 Å². The van der Waals surface area contributed by atoms with Crippen molar-refractivity contribution in [3.63, 3.8) is 0 Å². The largest absolute Gasteiger partial charge is 0.476 e. The smallest absolute Gasteiger partial charge is 0.358 e. The first kappa shape index (κ1) is 8.55. The van der Waals surface area contributed by atoms with Gasteiger partial charge in [-0.2, -0.15) is 0 Å². The Morgan fingerprint density at radius 2 is 2.29 bits per heavy atom. The van der Waals surface area contributed by atoms with E-state index in [-0.39, 0.29) is 11.5 Å². The Hall–Kier alpha value is -2.04. The van der Waals surface area contributed by atoms with Gasteiger partial charge in [0.2, 0.25) is 0 Å². The standard InChI is InChI=1S/C9H7NO4/c1-5-2-6(3-13-5)8-7(9(11)12)10-4-14-8/h2-4H,1H3,(H,11,12). The molecule has 0 fully saturated rings. The molecule has 14 heavy (non-hydrogen) atoms. The van der Waals surface area contributed by atoms with E-state index >= 15 is 0 Å². The van der Waals surface area contributed by atoms with Crippen LogP contribution in [-0.4, -0.2) is 16.1 Å². The van der Waals surface area contributed by atoms with Crippen molar-refractivity contribution in [1.29, 1.82) is 0 Å². The van der Waals surface area contributed by atoms with Crippen LogP contribution in [0, 0.1) is 6.92 Å². The van der Waals surface area contributed by atoms with E-state index < -0.39 is 5.97 Å². The summed E-state index contributed by atoms with van der Waals surface area (Å²) in [7, 11) is 0. The highest BCUT2D eigenvalue weighted by molar-refractivity contribution is 5.91. The number of furan rings is 1. The average molecular weight is 193 g/mol. The normalized spacial score (nSPS) is 10.4. The maximum Gasteiger partial charge on any atom is 0.358 e. The van der Waals surface area contributed by atoms with Crippen molar-refractivity contribution in [2.24, 2.45) is 0 Å². The third-order valence-electron chi connectivity index (χ3n) is 1.76. The van der Waals surface area contributed by atoms with Crippen LogP contribution in [0.4, 0.5) is 0 Å². The first-order chi connectivity index (χ1) is 6.68. The lowest BCUT2D eigenvalue weighted by molar-refractivity contribution is 0.0691. The quantitative estimate of drug-likeness (QED) is 0.788. The van der Waals surface area contributed by atoms with Crippen LogP contribution < -0.4 is 0 Å². The minimum atomic E-state index is -1.12. The summed E-state index contributed by atoms with van der Waals surface area (Å²) in [6.45, 7) is 1.76. The fourth-order valence-corrected chi connectivity index (χ4v) is 1.17. The van der Waals surface area contributed by atoms with E-state index in [0.717, 1.165) is 6.39 Å². The molecule has 1 N–H and O–H groups in total. The van der Waals surface area contributed by atoms with E-state index in [0.29, 0.717) is 11.3 Å². The number of carboxylic acids is 1. The van der Waals surface area contributed by atoms with Crippen LogP contribution in [-0.2, 0) is 0 Å². The summed E-state index contributed by atoms with van der Waals surface area (Å²) < 4.78 is 10.0. The van der Waals surface area contributed by atoms with Crippen LogP contribution in [0.15, 0.2) is 27.6 Å². The van der Waals surface area contributed by atoms with Crippen LogP contribution >= 0.6 is 0 Å². The highest BCUT2D eigenvalue weighted by Gasteiger charge is 2.18. The minimum Gasteiger partial charge on any atom is -0.476 e. The van der Waals surface area contributed by atoms with Gasteiger partial charge in [-0.15, -0.1) is 0 Å². The van der Waals surface area contributed by atoms with E-state index in [1.165, 1.54) is 6.26 Å². The number of nitrogens with zero attached hydrogens (tertiary/aromatic N) is 1. The van der Waals surface area contributed by atoms with Crippen LogP contribution in [0.2, 0.25) is 0 Å². The van der Waals surface area contributed by atoms with Crippen molar-refractivity contribution in [2.75, 3.05) is 0 Å². The van der Waals surface area contributed by atoms with Gasteiger partial charge in [-0.05, 0) is 13.0 Å². The third-order valence-corrected chi connectivity index (χ3v) is 1.76. The fourth-order valence-electron chi connectivity index (χ4n) is 1.17. The number of hydrogen-bond donors (Lipinski definition) is 1. The van der Waals surface area contributed by atoms with Gasteiger partial charge in [0.15, 0.2) is 17.8 Å². The Bertz CT molecular complexity index is 469. The van der Waals surface area contributed by atoms with E-state index in [9.17, 15) is 4.79 Å². The minimum absolute atomic E-state index is 0.106. The number of oxazole rings is 1. The maximum atomic E-state index is 10.7. The molecule has 2 aromatic rings. The molecular formula is C9H7NO4. The van der Waals surface area contributed by atoms with Crippen LogP contribution in [0.1, 0.15) is 16.2 Å². The summed E-state index contributed by atoms with van der Waals surface area (Å²) in [6.07, 6.45) is 2.53. The molecular weight excluding hydrogens is 186 g/mol. The lowest BCUT2D eigenvalue weighted by Crippen LogP contribution is -1.97. The number of hydrogen-bond acceptors (Lipinski definition) is 4. The summed E-state index contributed by atoms with van der Waals surface area (Å²) in [4.78, 5) is 14.3. The molecule has 0 saturated carbocycles.